The molecule has 1 amide bonds. The molecule has 1 atom stereocenters. The summed E-state index contributed by atoms with van der Waals surface area (Å²) in [6.45, 7) is 2.02. The molecular formula is C22H35FIN5O. The van der Waals surface area contributed by atoms with Gasteiger partial charge in [-0.1, -0.05) is 25.3 Å². The van der Waals surface area contributed by atoms with Gasteiger partial charge in [0.25, 0.3) is 0 Å². The van der Waals surface area contributed by atoms with Gasteiger partial charge < -0.3 is 20.4 Å². The fourth-order valence-electron chi connectivity index (χ4n) is 4.28. The van der Waals surface area contributed by atoms with Crippen LogP contribution in [0, 0.1) is 11.7 Å². The Bertz CT molecular complexity index is 736. The van der Waals surface area contributed by atoms with Crippen molar-refractivity contribution in [2.75, 3.05) is 39.1 Å². The SMILES string of the molecule is CN=C(NCc1ccc(N(C)C)c(F)c1)NC1CCN(C(=O)C2CCCCC2)C1.I. The Morgan fingerprint density at radius 1 is 1.23 bits per heavy atom. The molecule has 1 aromatic rings. The van der Waals surface area contributed by atoms with Gasteiger partial charge in [-0.3, -0.25) is 9.79 Å². The number of anilines is 1. The third kappa shape index (κ3) is 6.46. The number of carbonyl (C=O) groups excluding carboxylic acids is 1. The Kier molecular flexibility index (Phi) is 9.64. The van der Waals surface area contributed by atoms with Crippen molar-refractivity contribution in [2.24, 2.45) is 10.9 Å². The first kappa shape index (κ1) is 24.7. The molecule has 1 unspecified atom stereocenters. The van der Waals surface area contributed by atoms with Crippen molar-refractivity contribution in [2.45, 2.75) is 51.1 Å². The van der Waals surface area contributed by atoms with Crippen LogP contribution in [0.2, 0.25) is 0 Å². The van der Waals surface area contributed by atoms with Crippen molar-refractivity contribution in [3.05, 3.63) is 29.6 Å². The van der Waals surface area contributed by atoms with E-state index in [-0.39, 0.29) is 41.8 Å². The van der Waals surface area contributed by atoms with Crippen molar-refractivity contribution in [1.82, 2.24) is 15.5 Å². The van der Waals surface area contributed by atoms with E-state index in [1.54, 1.807) is 24.1 Å². The number of guanidine groups is 1. The normalized spacial score (nSPS) is 19.9. The van der Waals surface area contributed by atoms with Crippen LogP contribution in [-0.2, 0) is 11.3 Å². The molecule has 168 valence electrons. The Morgan fingerprint density at radius 3 is 2.60 bits per heavy atom. The fraction of sp³-hybridized carbons (Fsp3) is 0.636. The van der Waals surface area contributed by atoms with E-state index in [2.05, 4.69) is 15.6 Å². The van der Waals surface area contributed by atoms with Gasteiger partial charge in [0.2, 0.25) is 5.91 Å². The van der Waals surface area contributed by atoms with Gasteiger partial charge in [-0.2, -0.15) is 0 Å². The summed E-state index contributed by atoms with van der Waals surface area (Å²) in [4.78, 5) is 20.8. The molecule has 2 fully saturated rings. The quantitative estimate of drug-likeness (QED) is 0.348. The average molecular weight is 531 g/mol. The Labute approximate surface area is 196 Å². The molecule has 0 radical (unpaired) electrons. The second-order valence-electron chi connectivity index (χ2n) is 8.36. The number of amides is 1. The maximum atomic E-state index is 14.2. The number of benzene rings is 1. The van der Waals surface area contributed by atoms with Crippen molar-refractivity contribution in [1.29, 1.82) is 0 Å². The standard InChI is InChI=1S/C22H34FN5O.HI/c1-24-22(25-14-16-9-10-20(27(2)3)19(23)13-16)26-18-11-12-28(15-18)21(29)17-7-5-4-6-8-17;/h9-10,13,17-18H,4-8,11-12,14-15H2,1-3H3,(H2,24,25,26);1H. The fourth-order valence-corrected chi connectivity index (χ4v) is 4.28. The largest absolute Gasteiger partial charge is 0.375 e. The van der Waals surface area contributed by atoms with E-state index in [0.29, 0.717) is 24.1 Å². The van der Waals surface area contributed by atoms with Crippen molar-refractivity contribution in [3.63, 3.8) is 0 Å². The van der Waals surface area contributed by atoms with Crippen molar-refractivity contribution >= 4 is 41.5 Å². The van der Waals surface area contributed by atoms with Gasteiger partial charge in [0.05, 0.1) is 5.69 Å². The maximum Gasteiger partial charge on any atom is 0.225 e. The number of nitrogens with zero attached hydrogens (tertiary/aromatic N) is 3. The highest BCUT2D eigenvalue weighted by molar-refractivity contribution is 14.0. The van der Waals surface area contributed by atoms with E-state index in [4.69, 9.17) is 0 Å². The first-order valence-electron chi connectivity index (χ1n) is 10.7. The predicted molar refractivity (Wildman–Crippen MR) is 131 cm³/mol. The van der Waals surface area contributed by atoms with Crippen LogP contribution in [0.3, 0.4) is 0 Å². The van der Waals surface area contributed by atoms with E-state index in [0.717, 1.165) is 37.9 Å². The number of nitrogens with one attached hydrogen (secondary N) is 2. The number of carbonyl (C=O) groups is 1. The van der Waals surface area contributed by atoms with Gasteiger partial charge in [-0.15, -0.1) is 24.0 Å². The predicted octanol–water partition coefficient (Wildman–Crippen LogP) is 3.36. The molecule has 1 aromatic carbocycles. The smallest absolute Gasteiger partial charge is 0.225 e. The number of hydrogen-bond acceptors (Lipinski definition) is 3. The second-order valence-corrected chi connectivity index (χ2v) is 8.36. The lowest BCUT2D eigenvalue weighted by Crippen LogP contribution is -2.45. The van der Waals surface area contributed by atoms with Crippen LogP contribution in [-0.4, -0.2) is 57.0 Å². The summed E-state index contributed by atoms with van der Waals surface area (Å²) >= 11 is 0. The molecule has 0 aromatic heterocycles. The molecule has 1 aliphatic carbocycles. The second kappa shape index (κ2) is 11.7. The highest BCUT2D eigenvalue weighted by Crippen LogP contribution is 2.26. The lowest BCUT2D eigenvalue weighted by molar-refractivity contribution is -0.135. The molecule has 1 aliphatic heterocycles. The van der Waals surface area contributed by atoms with E-state index in [1.807, 2.05) is 25.1 Å². The summed E-state index contributed by atoms with van der Waals surface area (Å²) in [5.41, 5.74) is 1.43. The highest BCUT2D eigenvalue weighted by Gasteiger charge is 2.31. The van der Waals surface area contributed by atoms with Crippen LogP contribution in [0.1, 0.15) is 44.1 Å². The lowest BCUT2D eigenvalue weighted by atomic mass is 9.88. The Balaban J connectivity index is 0.00000320. The zero-order chi connectivity index (χ0) is 20.8. The minimum absolute atomic E-state index is 0. The molecule has 30 heavy (non-hydrogen) atoms. The summed E-state index contributed by atoms with van der Waals surface area (Å²) in [7, 11) is 5.38. The van der Waals surface area contributed by atoms with Gasteiger partial charge in [0.15, 0.2) is 5.96 Å². The molecule has 2 aliphatic rings. The van der Waals surface area contributed by atoms with E-state index >= 15 is 0 Å². The van der Waals surface area contributed by atoms with Gasteiger partial charge >= 0.3 is 0 Å². The third-order valence-electron chi connectivity index (χ3n) is 5.97. The first-order chi connectivity index (χ1) is 14.0. The Hall–Kier alpha value is -1.58. The van der Waals surface area contributed by atoms with Crippen LogP contribution in [0.4, 0.5) is 10.1 Å². The molecular weight excluding hydrogens is 496 g/mol. The van der Waals surface area contributed by atoms with Crippen LogP contribution >= 0.6 is 24.0 Å². The maximum absolute atomic E-state index is 14.2. The van der Waals surface area contributed by atoms with Gasteiger partial charge in [-0.25, -0.2) is 4.39 Å². The Morgan fingerprint density at radius 2 is 1.97 bits per heavy atom. The lowest BCUT2D eigenvalue weighted by Gasteiger charge is -2.26. The average Bonchev–Trinajstić information content (AvgIpc) is 3.19. The topological polar surface area (TPSA) is 60.0 Å². The summed E-state index contributed by atoms with van der Waals surface area (Å²) < 4.78 is 14.2. The first-order valence-corrected chi connectivity index (χ1v) is 10.7. The van der Waals surface area contributed by atoms with E-state index in [9.17, 15) is 9.18 Å². The zero-order valence-electron chi connectivity index (χ0n) is 18.3. The van der Waals surface area contributed by atoms with Crippen molar-refractivity contribution in [3.8, 4) is 0 Å². The van der Waals surface area contributed by atoms with Crippen LogP contribution in [0.25, 0.3) is 0 Å². The molecule has 8 heteroatoms. The van der Waals surface area contributed by atoms with Crippen LogP contribution in [0.5, 0.6) is 0 Å². The molecule has 0 bridgehead atoms. The summed E-state index contributed by atoms with van der Waals surface area (Å²) in [6.07, 6.45) is 6.62. The number of aliphatic imine (C=N–C) groups is 1. The summed E-state index contributed by atoms with van der Waals surface area (Å²) in [5, 5.41) is 6.66. The van der Waals surface area contributed by atoms with Gasteiger partial charge in [0.1, 0.15) is 5.82 Å². The monoisotopic (exact) mass is 531 g/mol. The number of rotatable bonds is 5. The van der Waals surface area contributed by atoms with E-state index < -0.39 is 0 Å². The molecule has 1 saturated heterocycles. The van der Waals surface area contributed by atoms with E-state index in [1.165, 1.54) is 19.3 Å². The highest BCUT2D eigenvalue weighted by atomic mass is 127. The molecule has 1 heterocycles. The van der Waals surface area contributed by atoms with Gasteiger partial charge in [0, 0.05) is 52.7 Å². The van der Waals surface area contributed by atoms with Gasteiger partial charge in [-0.05, 0) is 37.0 Å². The third-order valence-corrected chi connectivity index (χ3v) is 5.97. The summed E-state index contributed by atoms with van der Waals surface area (Å²) in [6, 6.07) is 5.45. The van der Waals surface area contributed by atoms with Crippen LogP contribution < -0.4 is 15.5 Å². The number of halogens is 2. The molecule has 1 saturated carbocycles. The van der Waals surface area contributed by atoms with Crippen molar-refractivity contribution < 1.29 is 9.18 Å². The number of hydrogen-bond donors (Lipinski definition) is 2. The molecule has 6 nitrogen and oxygen atoms in total. The molecule has 3 rings (SSSR count). The van der Waals surface area contributed by atoms with Crippen LogP contribution in [0.15, 0.2) is 23.2 Å². The molecule has 0 spiro atoms. The minimum Gasteiger partial charge on any atom is -0.375 e. The minimum atomic E-state index is -0.232. The molecule has 2 N–H and O–H groups in total. The summed E-state index contributed by atoms with van der Waals surface area (Å²) in [5.74, 6) is 0.998. The zero-order valence-corrected chi connectivity index (χ0v) is 20.6. The number of likely N-dealkylation sites (tertiary alicyclic amines) is 1.